The first-order chi connectivity index (χ1) is 8.83. The van der Waals surface area contributed by atoms with Gasteiger partial charge in [-0.15, -0.1) is 22.7 Å². The summed E-state index contributed by atoms with van der Waals surface area (Å²) in [6, 6.07) is 8.35. The highest BCUT2D eigenvalue weighted by Crippen LogP contribution is 2.33. The molecule has 0 N–H and O–H groups in total. The highest BCUT2D eigenvalue weighted by Gasteiger charge is 2.05. The van der Waals surface area contributed by atoms with Crippen molar-refractivity contribution in [2.24, 2.45) is 0 Å². The van der Waals surface area contributed by atoms with Crippen LogP contribution in [0.15, 0.2) is 24.3 Å². The normalized spacial score (nSPS) is 10.7. The topological polar surface area (TPSA) is 17.1 Å². The van der Waals surface area contributed by atoms with Gasteiger partial charge in [0.2, 0.25) is 0 Å². The summed E-state index contributed by atoms with van der Waals surface area (Å²) in [5.74, 6) is 0. The third-order valence-electron chi connectivity index (χ3n) is 2.92. The van der Waals surface area contributed by atoms with Crippen LogP contribution in [0.2, 0.25) is 0 Å². The van der Waals surface area contributed by atoms with E-state index in [9.17, 15) is 4.79 Å². The molecule has 0 radical (unpaired) electrons. The van der Waals surface area contributed by atoms with Gasteiger partial charge >= 0.3 is 0 Å². The Morgan fingerprint density at radius 3 is 2.50 bits per heavy atom. The summed E-state index contributed by atoms with van der Waals surface area (Å²) >= 11 is 3.44. The van der Waals surface area contributed by atoms with Crippen molar-refractivity contribution >= 4 is 29.0 Å². The van der Waals surface area contributed by atoms with Crippen molar-refractivity contribution in [1.29, 1.82) is 0 Å². The number of thiophene rings is 2. The Balaban J connectivity index is 1.95. The molecule has 0 saturated heterocycles. The van der Waals surface area contributed by atoms with Crippen molar-refractivity contribution in [3.63, 3.8) is 0 Å². The zero-order valence-corrected chi connectivity index (χ0v) is 12.3. The van der Waals surface area contributed by atoms with E-state index in [0.29, 0.717) is 0 Å². The number of hydrogen-bond acceptors (Lipinski definition) is 3. The second-order valence-corrected chi connectivity index (χ2v) is 6.68. The predicted octanol–water partition coefficient (Wildman–Crippen LogP) is 5.41. The third-order valence-corrected chi connectivity index (χ3v) is 5.28. The van der Waals surface area contributed by atoms with E-state index in [4.69, 9.17) is 0 Å². The minimum atomic E-state index is 0.808. The van der Waals surface area contributed by atoms with Gasteiger partial charge in [0.25, 0.3) is 0 Å². The number of rotatable bonds is 7. The van der Waals surface area contributed by atoms with E-state index in [1.165, 1.54) is 46.7 Å². The molecule has 0 aliphatic rings. The summed E-state index contributed by atoms with van der Waals surface area (Å²) in [6.07, 6.45) is 7.37. The molecule has 1 nitrogen and oxygen atoms in total. The number of unbranched alkanes of at least 4 members (excludes halogenated alkanes) is 3. The van der Waals surface area contributed by atoms with Crippen LogP contribution in [0.3, 0.4) is 0 Å². The minimum absolute atomic E-state index is 0.808. The van der Waals surface area contributed by atoms with E-state index in [0.717, 1.165) is 11.2 Å². The average Bonchev–Trinajstić information content (AvgIpc) is 3.03. The van der Waals surface area contributed by atoms with Gasteiger partial charge in [-0.1, -0.05) is 26.2 Å². The van der Waals surface area contributed by atoms with Gasteiger partial charge in [-0.3, -0.25) is 4.79 Å². The maximum Gasteiger partial charge on any atom is 0.160 e. The van der Waals surface area contributed by atoms with Crippen LogP contribution in [0.4, 0.5) is 0 Å². The highest BCUT2D eigenvalue weighted by atomic mass is 32.1. The fourth-order valence-electron chi connectivity index (χ4n) is 1.92. The Labute approximate surface area is 116 Å². The summed E-state index contributed by atoms with van der Waals surface area (Å²) in [6.45, 7) is 2.24. The Bertz CT molecular complexity index is 496. The lowest BCUT2D eigenvalue weighted by Gasteiger charge is -1.96. The van der Waals surface area contributed by atoms with Gasteiger partial charge in [-0.2, -0.15) is 0 Å². The van der Waals surface area contributed by atoms with Gasteiger partial charge in [0.15, 0.2) is 6.29 Å². The smallest absolute Gasteiger partial charge is 0.160 e. The predicted molar refractivity (Wildman–Crippen MR) is 80.9 cm³/mol. The minimum Gasteiger partial charge on any atom is -0.297 e. The fraction of sp³-hybridized carbons (Fsp3) is 0.400. The van der Waals surface area contributed by atoms with Crippen molar-refractivity contribution in [3.8, 4) is 9.75 Å². The molecule has 0 amide bonds. The van der Waals surface area contributed by atoms with Crippen LogP contribution in [0.1, 0.15) is 47.2 Å². The number of carbonyl (C=O) groups excluding carboxylic acids is 1. The van der Waals surface area contributed by atoms with Crippen LogP contribution in [-0.2, 0) is 6.42 Å². The van der Waals surface area contributed by atoms with Gasteiger partial charge in [0.1, 0.15) is 0 Å². The number of aldehydes is 1. The molecule has 0 aromatic carbocycles. The standard InChI is InChI=1S/C15H18OS2/c1-2-3-4-5-6-12-7-9-14(17-12)15-10-8-13(11-16)18-15/h7-11H,2-6H2,1H3. The van der Waals surface area contributed by atoms with E-state index >= 15 is 0 Å². The number of hydrogen-bond donors (Lipinski definition) is 0. The van der Waals surface area contributed by atoms with Crippen molar-refractivity contribution in [1.82, 2.24) is 0 Å². The fourth-order valence-corrected chi connectivity index (χ4v) is 3.88. The molecule has 2 rings (SSSR count). The second-order valence-electron chi connectivity index (χ2n) is 4.40. The van der Waals surface area contributed by atoms with Crippen molar-refractivity contribution in [2.75, 3.05) is 0 Å². The first-order valence-electron chi connectivity index (χ1n) is 6.47. The monoisotopic (exact) mass is 278 g/mol. The van der Waals surface area contributed by atoms with Crippen LogP contribution in [0.25, 0.3) is 9.75 Å². The zero-order chi connectivity index (χ0) is 12.8. The highest BCUT2D eigenvalue weighted by molar-refractivity contribution is 7.22. The SMILES string of the molecule is CCCCCCc1ccc(-c2ccc(C=O)s2)s1. The van der Waals surface area contributed by atoms with Gasteiger partial charge in [-0.05, 0) is 37.1 Å². The maximum absolute atomic E-state index is 10.7. The first-order valence-corrected chi connectivity index (χ1v) is 8.11. The zero-order valence-electron chi connectivity index (χ0n) is 10.6. The van der Waals surface area contributed by atoms with Crippen molar-refractivity contribution in [2.45, 2.75) is 39.0 Å². The second kappa shape index (κ2) is 6.86. The molecule has 2 aromatic rings. The summed E-state index contributed by atoms with van der Waals surface area (Å²) < 4.78 is 0. The Kier molecular flexibility index (Phi) is 5.14. The lowest BCUT2D eigenvalue weighted by Crippen LogP contribution is -1.80. The third kappa shape index (κ3) is 3.53. The van der Waals surface area contributed by atoms with Gasteiger partial charge in [-0.25, -0.2) is 0 Å². The van der Waals surface area contributed by atoms with E-state index < -0.39 is 0 Å². The molecule has 2 heterocycles. The van der Waals surface area contributed by atoms with Crippen LogP contribution in [0, 0.1) is 0 Å². The van der Waals surface area contributed by atoms with Gasteiger partial charge in [0.05, 0.1) is 4.88 Å². The molecule has 96 valence electrons. The quantitative estimate of drug-likeness (QED) is 0.489. The molecule has 18 heavy (non-hydrogen) atoms. The molecule has 0 unspecified atom stereocenters. The molecule has 0 atom stereocenters. The van der Waals surface area contributed by atoms with Crippen molar-refractivity contribution in [3.05, 3.63) is 34.0 Å². The molecular formula is C15H18OS2. The lowest BCUT2D eigenvalue weighted by atomic mass is 10.1. The number of carbonyl (C=O) groups is 1. The number of aryl methyl sites for hydroxylation is 1. The Hall–Kier alpha value is -0.930. The molecular weight excluding hydrogens is 260 g/mol. The maximum atomic E-state index is 10.7. The van der Waals surface area contributed by atoms with Crippen LogP contribution in [0.5, 0.6) is 0 Å². The molecule has 0 spiro atoms. The van der Waals surface area contributed by atoms with E-state index in [2.05, 4.69) is 19.1 Å². The molecule has 0 saturated carbocycles. The lowest BCUT2D eigenvalue weighted by molar-refractivity contribution is 0.112. The van der Waals surface area contributed by atoms with Gasteiger partial charge < -0.3 is 0 Å². The largest absolute Gasteiger partial charge is 0.297 e. The molecule has 0 fully saturated rings. The Morgan fingerprint density at radius 1 is 1.00 bits per heavy atom. The summed E-state index contributed by atoms with van der Waals surface area (Å²) in [7, 11) is 0. The van der Waals surface area contributed by atoms with E-state index in [1.54, 1.807) is 11.3 Å². The van der Waals surface area contributed by atoms with E-state index in [-0.39, 0.29) is 0 Å². The summed E-state index contributed by atoms with van der Waals surface area (Å²) in [5, 5.41) is 0. The first kappa shape index (κ1) is 13.5. The molecule has 2 aromatic heterocycles. The van der Waals surface area contributed by atoms with Crippen molar-refractivity contribution < 1.29 is 4.79 Å². The van der Waals surface area contributed by atoms with Gasteiger partial charge in [0, 0.05) is 14.6 Å². The molecule has 0 aliphatic heterocycles. The van der Waals surface area contributed by atoms with Crippen LogP contribution in [-0.4, -0.2) is 6.29 Å². The summed E-state index contributed by atoms with van der Waals surface area (Å²) in [4.78, 5) is 15.4. The average molecular weight is 278 g/mol. The van der Waals surface area contributed by atoms with E-state index in [1.807, 2.05) is 23.5 Å². The summed E-state index contributed by atoms with van der Waals surface area (Å²) in [5.41, 5.74) is 0. The molecule has 0 bridgehead atoms. The molecule has 0 aliphatic carbocycles. The van der Waals surface area contributed by atoms with Crippen LogP contribution < -0.4 is 0 Å². The molecule has 3 heteroatoms. The Morgan fingerprint density at radius 2 is 1.78 bits per heavy atom. The van der Waals surface area contributed by atoms with Crippen LogP contribution >= 0.6 is 22.7 Å².